The van der Waals surface area contributed by atoms with E-state index in [0.29, 0.717) is 84.1 Å². The Morgan fingerprint density at radius 1 is 0.909 bits per heavy atom. The molecule has 1 aliphatic heterocycles. The van der Waals surface area contributed by atoms with Crippen molar-refractivity contribution in [1.82, 2.24) is 9.47 Å². The third-order valence-corrected chi connectivity index (χ3v) is 8.20. The van der Waals surface area contributed by atoms with Gasteiger partial charge in [0.1, 0.15) is 18.0 Å². The lowest BCUT2D eigenvalue weighted by molar-refractivity contribution is -0.138. The number of carbonyl (C=O) groups excluding carboxylic acids is 1. The van der Waals surface area contributed by atoms with Crippen molar-refractivity contribution >= 4 is 28.3 Å². The maximum absolute atomic E-state index is 13.9. The Kier molecular flexibility index (Phi) is 8.87. The zero-order chi connectivity index (χ0) is 31.6. The second kappa shape index (κ2) is 12.6. The maximum atomic E-state index is 13.9. The first-order chi connectivity index (χ1) is 21.0. The van der Waals surface area contributed by atoms with Gasteiger partial charge in [-0.3, -0.25) is 14.5 Å². The zero-order valence-corrected chi connectivity index (χ0v) is 24.8. The molecule has 44 heavy (non-hydrogen) atoms. The van der Waals surface area contributed by atoms with Crippen LogP contribution in [0.5, 0.6) is 11.5 Å². The van der Waals surface area contributed by atoms with Crippen molar-refractivity contribution in [2.24, 2.45) is 0 Å². The molecular weight excluding hydrogens is 575 g/mol. The summed E-state index contributed by atoms with van der Waals surface area (Å²) in [6, 6.07) is 15.8. The highest BCUT2D eigenvalue weighted by molar-refractivity contribution is 6.18. The summed E-state index contributed by atoms with van der Waals surface area (Å²) in [6.45, 7) is 4.53. The molecule has 0 bridgehead atoms. The van der Waals surface area contributed by atoms with Crippen LogP contribution in [0, 0.1) is 6.92 Å². The van der Waals surface area contributed by atoms with Gasteiger partial charge in [-0.1, -0.05) is 6.07 Å². The Labute approximate surface area is 253 Å². The average Bonchev–Trinajstić information content (AvgIpc) is 3.29. The largest absolute Gasteiger partial charge is 0.497 e. The van der Waals surface area contributed by atoms with Gasteiger partial charge in [0.25, 0.3) is 0 Å². The van der Waals surface area contributed by atoms with Crippen LogP contribution in [0.1, 0.15) is 32.7 Å². The number of halogens is 3. The molecule has 0 atom stereocenters. The first-order valence-corrected chi connectivity index (χ1v) is 14.2. The predicted molar refractivity (Wildman–Crippen MR) is 161 cm³/mol. The van der Waals surface area contributed by atoms with Gasteiger partial charge in [0, 0.05) is 61.1 Å². The lowest BCUT2D eigenvalue weighted by Gasteiger charge is -2.36. The number of benzene rings is 3. The van der Waals surface area contributed by atoms with E-state index in [2.05, 4.69) is 4.90 Å². The molecule has 232 valence electrons. The van der Waals surface area contributed by atoms with Gasteiger partial charge in [0.05, 0.1) is 30.9 Å². The zero-order valence-electron chi connectivity index (χ0n) is 24.8. The predicted octanol–water partition coefficient (Wildman–Crippen LogP) is 5.67. The first kappa shape index (κ1) is 30.9. The van der Waals surface area contributed by atoms with E-state index in [4.69, 9.17) is 9.47 Å². The number of ketones is 1. The van der Waals surface area contributed by atoms with Crippen LogP contribution in [0.25, 0.3) is 10.9 Å². The number of carboxylic acid groups (broad SMARTS) is 1. The number of hydrogen-bond donors (Lipinski definition) is 1. The number of rotatable bonds is 10. The minimum atomic E-state index is -4.39. The topological polar surface area (TPSA) is 84.2 Å². The SMILES string of the molecule is COc1ccc(C(=O)c2c(C)n(CC(=O)O)c3cc(OC)cc(CCN4CCN(c5cccc(C(F)(F)F)c5)CC4)c23)cc1. The third kappa shape index (κ3) is 6.37. The molecule has 1 fully saturated rings. The molecule has 3 aromatic carbocycles. The van der Waals surface area contributed by atoms with E-state index < -0.39 is 17.7 Å². The number of nitrogens with zero attached hydrogens (tertiary/aromatic N) is 3. The lowest BCUT2D eigenvalue weighted by atomic mass is 9.96. The van der Waals surface area contributed by atoms with Crippen LogP contribution in [0.15, 0.2) is 60.7 Å². The van der Waals surface area contributed by atoms with Crippen molar-refractivity contribution in [3.05, 3.63) is 88.6 Å². The Hall–Kier alpha value is -4.51. The summed E-state index contributed by atoms with van der Waals surface area (Å²) in [4.78, 5) is 30.0. The number of ether oxygens (including phenoxy) is 2. The average molecular weight is 610 g/mol. The minimum absolute atomic E-state index is 0.222. The lowest BCUT2D eigenvalue weighted by Crippen LogP contribution is -2.47. The van der Waals surface area contributed by atoms with Crippen molar-refractivity contribution in [3.63, 3.8) is 0 Å². The molecule has 11 heteroatoms. The molecule has 0 unspecified atom stereocenters. The molecule has 0 spiro atoms. The monoisotopic (exact) mass is 609 g/mol. The minimum Gasteiger partial charge on any atom is -0.497 e. The summed E-state index contributed by atoms with van der Waals surface area (Å²) in [5, 5.41) is 10.4. The molecule has 1 saturated heterocycles. The Morgan fingerprint density at radius 3 is 2.20 bits per heavy atom. The van der Waals surface area contributed by atoms with Gasteiger partial charge in [0.2, 0.25) is 0 Å². The highest BCUT2D eigenvalue weighted by atomic mass is 19.4. The molecule has 0 aliphatic carbocycles. The second-order valence-electron chi connectivity index (χ2n) is 10.8. The van der Waals surface area contributed by atoms with Crippen LogP contribution in [0.3, 0.4) is 0 Å². The van der Waals surface area contributed by atoms with Crippen LogP contribution in [0.2, 0.25) is 0 Å². The summed E-state index contributed by atoms with van der Waals surface area (Å²) in [5.74, 6) is -0.0866. The summed E-state index contributed by atoms with van der Waals surface area (Å²) >= 11 is 0. The van der Waals surface area contributed by atoms with Crippen molar-refractivity contribution in [3.8, 4) is 11.5 Å². The number of aliphatic carboxylic acids is 1. The first-order valence-electron chi connectivity index (χ1n) is 14.2. The fourth-order valence-corrected chi connectivity index (χ4v) is 5.86. The standard InChI is InChI=1S/C33H34F3N3O5/c1-21-30(32(42)22-7-9-26(43-2)10-8-22)31-23(17-27(44-3)19-28(31)39(21)20-29(40)41)11-12-37-13-15-38(16-14-37)25-6-4-5-24(18-25)33(34,35)36/h4-10,17-19H,11-16,20H2,1-3H3,(H,40,41). The van der Waals surface area contributed by atoms with E-state index in [1.165, 1.54) is 12.1 Å². The van der Waals surface area contributed by atoms with Crippen LogP contribution < -0.4 is 14.4 Å². The van der Waals surface area contributed by atoms with Crippen LogP contribution in [-0.2, 0) is 23.9 Å². The van der Waals surface area contributed by atoms with E-state index >= 15 is 0 Å². The number of aromatic nitrogens is 1. The van der Waals surface area contributed by atoms with Gasteiger partial charge < -0.3 is 24.0 Å². The number of fused-ring (bicyclic) bond motifs is 1. The molecular formula is C33H34F3N3O5. The van der Waals surface area contributed by atoms with Crippen molar-refractivity contribution in [2.75, 3.05) is 51.8 Å². The quantitative estimate of drug-likeness (QED) is 0.232. The molecule has 4 aromatic rings. The number of alkyl halides is 3. The third-order valence-electron chi connectivity index (χ3n) is 8.20. The number of piperazine rings is 1. The Balaban J connectivity index is 1.43. The van der Waals surface area contributed by atoms with E-state index in [0.717, 1.165) is 11.6 Å². The highest BCUT2D eigenvalue weighted by Gasteiger charge is 2.31. The Morgan fingerprint density at radius 2 is 1.59 bits per heavy atom. The second-order valence-corrected chi connectivity index (χ2v) is 10.8. The van der Waals surface area contributed by atoms with Crippen molar-refractivity contribution in [2.45, 2.75) is 26.1 Å². The van der Waals surface area contributed by atoms with Crippen molar-refractivity contribution < 1.29 is 37.3 Å². The normalized spacial score (nSPS) is 14.2. The fourth-order valence-electron chi connectivity index (χ4n) is 5.86. The van der Waals surface area contributed by atoms with Gasteiger partial charge in [-0.15, -0.1) is 0 Å². The summed E-state index contributed by atoms with van der Waals surface area (Å²) < 4.78 is 52.1. The van der Waals surface area contributed by atoms with Gasteiger partial charge in [-0.2, -0.15) is 13.2 Å². The fraction of sp³-hybridized carbons (Fsp3) is 0.333. The van der Waals surface area contributed by atoms with Crippen LogP contribution >= 0.6 is 0 Å². The molecule has 1 N–H and O–H groups in total. The molecule has 1 aromatic heterocycles. The van der Waals surface area contributed by atoms with E-state index in [9.17, 15) is 27.9 Å². The maximum Gasteiger partial charge on any atom is 0.416 e. The highest BCUT2D eigenvalue weighted by Crippen LogP contribution is 2.35. The molecule has 0 amide bonds. The van der Waals surface area contributed by atoms with Gasteiger partial charge >= 0.3 is 12.1 Å². The Bertz CT molecular complexity index is 1670. The number of anilines is 1. The van der Waals surface area contributed by atoms with Crippen LogP contribution in [-0.4, -0.2) is 73.3 Å². The number of hydrogen-bond acceptors (Lipinski definition) is 6. The number of methoxy groups -OCH3 is 2. The molecule has 8 nitrogen and oxygen atoms in total. The van der Waals surface area contributed by atoms with Crippen molar-refractivity contribution in [1.29, 1.82) is 0 Å². The summed E-state index contributed by atoms with van der Waals surface area (Å²) in [7, 11) is 3.09. The molecule has 5 rings (SSSR count). The van der Waals surface area contributed by atoms with Gasteiger partial charge in [-0.05, 0) is 67.4 Å². The smallest absolute Gasteiger partial charge is 0.416 e. The molecule has 0 radical (unpaired) electrons. The molecule has 2 heterocycles. The van der Waals surface area contributed by atoms with E-state index in [1.54, 1.807) is 62.1 Å². The van der Waals surface area contributed by atoms with E-state index in [-0.39, 0.29) is 12.3 Å². The summed E-state index contributed by atoms with van der Waals surface area (Å²) in [6.07, 6.45) is -3.84. The molecule has 1 aliphatic rings. The number of carboxylic acids is 1. The summed E-state index contributed by atoms with van der Waals surface area (Å²) in [5.41, 5.74) is 2.78. The number of carbonyl (C=O) groups is 2. The van der Waals surface area contributed by atoms with E-state index in [1.807, 2.05) is 11.0 Å². The van der Waals surface area contributed by atoms with Gasteiger partial charge in [0.15, 0.2) is 5.78 Å². The van der Waals surface area contributed by atoms with Gasteiger partial charge in [-0.25, -0.2) is 0 Å². The van der Waals surface area contributed by atoms with Crippen LogP contribution in [0.4, 0.5) is 18.9 Å². The molecule has 0 saturated carbocycles.